The second-order valence-corrected chi connectivity index (χ2v) is 26.6. The molecule has 8 aromatic heterocycles. The summed E-state index contributed by atoms with van der Waals surface area (Å²) in [6, 6.07) is 68.5. The van der Waals surface area contributed by atoms with Crippen molar-refractivity contribution in [3.8, 4) is 116 Å². The quantitative estimate of drug-likeness (QED) is 0.0217. The number of carbonyl (C=O) groups excluding carboxylic acids is 4. The van der Waals surface area contributed by atoms with E-state index in [2.05, 4.69) is 79.8 Å². The number of anilines is 4. The van der Waals surface area contributed by atoms with E-state index in [4.69, 9.17) is 64.9 Å². The number of hydrogen-bond acceptors (Lipinski definition) is 24. The molecular formula is C90H80N24O8. The van der Waals surface area contributed by atoms with Gasteiger partial charge in [0.15, 0.2) is 22.6 Å². The SMILES string of the molecule is C#CC(=O)N(C)CCn1nc(-c2ccc(Oc3ccccc3)cc2)c2c(N)ncnc21.C#CC(=O)NCCn1nc(-c2ccc(Oc3ccccc3)cc2)c2c(N)ncnc21.C=CC(=O)N(C)CCn1nc(-c2ccc(Oc3ccccc3)cc2)c2c(N)ncnc21.C=CC(=O)NCCn1nc(-c2ccc(Oc3ccccc3)cc2)c2c(N)ncnc21. The van der Waals surface area contributed by atoms with Crippen LogP contribution in [0.4, 0.5) is 23.3 Å². The van der Waals surface area contributed by atoms with Gasteiger partial charge in [-0.15, -0.1) is 12.8 Å². The molecule has 4 amide bonds. The molecule has 0 radical (unpaired) electrons. The molecular weight excluding hydrogens is 1550 g/mol. The predicted molar refractivity (Wildman–Crippen MR) is 466 cm³/mol. The van der Waals surface area contributed by atoms with Crippen LogP contribution in [0.3, 0.4) is 0 Å². The number of nitrogens with two attached hydrogens (primary N) is 4. The van der Waals surface area contributed by atoms with Gasteiger partial charge in [-0.25, -0.2) is 58.6 Å². The Morgan fingerprint density at radius 3 is 0.910 bits per heavy atom. The maximum Gasteiger partial charge on any atom is 0.298 e. The van der Waals surface area contributed by atoms with Crippen LogP contribution in [0.2, 0.25) is 0 Å². The summed E-state index contributed by atoms with van der Waals surface area (Å²) in [5, 5.41) is 26.7. The lowest BCUT2D eigenvalue weighted by Crippen LogP contribution is -2.29. The molecule has 0 unspecified atom stereocenters. The number of nitrogen functional groups attached to an aromatic ring is 4. The third-order valence-electron chi connectivity index (χ3n) is 18.5. The summed E-state index contributed by atoms with van der Waals surface area (Å²) < 4.78 is 30.2. The van der Waals surface area contributed by atoms with Gasteiger partial charge in [0.2, 0.25) is 11.8 Å². The molecule has 0 aliphatic rings. The van der Waals surface area contributed by atoms with E-state index in [1.807, 2.05) is 224 Å². The van der Waals surface area contributed by atoms with E-state index in [-0.39, 0.29) is 17.7 Å². The largest absolute Gasteiger partial charge is 0.457 e. The number of nitrogens with one attached hydrogen (secondary N) is 2. The van der Waals surface area contributed by atoms with Crippen LogP contribution in [0, 0.1) is 24.7 Å². The minimum absolute atomic E-state index is 0.153. The number of ether oxygens (including phenoxy) is 4. The minimum atomic E-state index is -0.477. The highest BCUT2D eigenvalue weighted by atomic mass is 16.5. The third kappa shape index (κ3) is 20.4. The summed E-state index contributed by atoms with van der Waals surface area (Å²) in [4.78, 5) is 82.9. The summed E-state index contributed by atoms with van der Waals surface area (Å²) in [5.41, 5.74) is 33.0. The van der Waals surface area contributed by atoms with E-state index in [0.717, 1.165) is 45.3 Å². The van der Waals surface area contributed by atoms with Crippen molar-refractivity contribution in [3.63, 3.8) is 0 Å². The molecule has 16 rings (SSSR count). The highest BCUT2D eigenvalue weighted by Gasteiger charge is 2.23. The van der Waals surface area contributed by atoms with Gasteiger partial charge in [0.25, 0.3) is 11.8 Å². The van der Waals surface area contributed by atoms with Gasteiger partial charge >= 0.3 is 0 Å². The third-order valence-corrected chi connectivity index (χ3v) is 18.5. The van der Waals surface area contributed by atoms with E-state index in [1.165, 1.54) is 42.4 Å². The number of carbonyl (C=O) groups is 4. The Morgan fingerprint density at radius 1 is 0.369 bits per heavy atom. The first-order valence-electron chi connectivity index (χ1n) is 37.9. The Hall–Kier alpha value is -17.2. The zero-order valence-electron chi connectivity index (χ0n) is 66.1. The smallest absolute Gasteiger partial charge is 0.298 e. The second kappa shape index (κ2) is 39.5. The molecule has 608 valence electrons. The Morgan fingerprint density at radius 2 is 0.639 bits per heavy atom. The number of aromatic nitrogens is 16. The lowest BCUT2D eigenvalue weighted by molar-refractivity contribution is -0.125. The normalized spacial score (nSPS) is 10.6. The monoisotopic (exact) mass is 1620 g/mol. The lowest BCUT2D eigenvalue weighted by atomic mass is 10.1. The summed E-state index contributed by atoms with van der Waals surface area (Å²) in [6.45, 7) is 10.2. The number of nitrogens with zero attached hydrogens (tertiary/aromatic N) is 18. The molecule has 0 spiro atoms. The van der Waals surface area contributed by atoms with Gasteiger partial charge < -0.3 is 62.3 Å². The molecule has 10 N–H and O–H groups in total. The van der Waals surface area contributed by atoms with Gasteiger partial charge in [0.05, 0.1) is 47.7 Å². The van der Waals surface area contributed by atoms with E-state index in [0.29, 0.717) is 166 Å². The Balaban J connectivity index is 0.000000140. The van der Waals surface area contributed by atoms with Crippen LogP contribution >= 0.6 is 0 Å². The first-order valence-corrected chi connectivity index (χ1v) is 37.9. The molecule has 0 fully saturated rings. The molecule has 0 aliphatic heterocycles. The van der Waals surface area contributed by atoms with E-state index in [9.17, 15) is 19.2 Å². The molecule has 32 heteroatoms. The number of para-hydroxylation sites is 4. The molecule has 16 aromatic rings. The number of fused-ring (bicyclic) bond motifs is 4. The molecule has 122 heavy (non-hydrogen) atoms. The van der Waals surface area contributed by atoms with Crippen LogP contribution in [-0.2, 0) is 45.4 Å². The second-order valence-electron chi connectivity index (χ2n) is 26.6. The van der Waals surface area contributed by atoms with Crippen molar-refractivity contribution in [2.75, 3.05) is 63.2 Å². The van der Waals surface area contributed by atoms with Gasteiger partial charge in [-0.05, 0) is 170 Å². The Bertz CT molecular complexity index is 6460. The van der Waals surface area contributed by atoms with Gasteiger partial charge in [-0.1, -0.05) is 86.0 Å². The molecule has 32 nitrogen and oxygen atoms in total. The van der Waals surface area contributed by atoms with Crippen molar-refractivity contribution in [1.82, 2.24) is 99.4 Å². The molecule has 8 heterocycles. The van der Waals surface area contributed by atoms with Crippen LogP contribution in [0.1, 0.15) is 0 Å². The summed E-state index contributed by atoms with van der Waals surface area (Å²) in [7, 11) is 3.36. The molecule has 0 saturated carbocycles. The van der Waals surface area contributed by atoms with Crippen LogP contribution in [0.25, 0.3) is 89.2 Å². The molecule has 0 saturated heterocycles. The standard InChI is InChI=1S/C23H22N6O2.C23H20N6O2.C22H20N6O2.C22H18N6O2/c2*1-3-19(30)28(2)13-14-29-23-20(22(24)25-15-26-23)21(27-29)16-9-11-18(12-10-16)31-17-7-5-4-6-8-17;2*1-2-18(29)24-12-13-28-22-19(21(23)25-14-26-22)20(27-28)15-8-10-17(11-9-15)30-16-6-4-3-5-7-16/h3-12,15H,1,13-14H2,2H3,(H2,24,25,26);1,4-12,15H,13-14H2,2H3,(H2,24,25,26);2-11,14H,1,12-13H2,(H,24,29)(H2,23,25,26);1,3-11,14H,12-13H2,(H,24,29)(H2,23,25,26). The van der Waals surface area contributed by atoms with Crippen molar-refractivity contribution >= 4 is 91.0 Å². The minimum Gasteiger partial charge on any atom is -0.457 e. The fourth-order valence-corrected chi connectivity index (χ4v) is 12.4. The summed E-state index contributed by atoms with van der Waals surface area (Å²) >= 11 is 0. The fraction of sp³-hybridized carbons (Fsp3) is 0.111. The first kappa shape index (κ1) is 82.8. The van der Waals surface area contributed by atoms with Crippen LogP contribution in [0.15, 0.2) is 269 Å². The van der Waals surface area contributed by atoms with Gasteiger partial charge in [-0.2, -0.15) is 20.4 Å². The summed E-state index contributed by atoms with van der Waals surface area (Å²) in [5.74, 6) is 10.1. The molecule has 8 aromatic carbocycles. The molecule has 0 bridgehead atoms. The van der Waals surface area contributed by atoms with Crippen molar-refractivity contribution < 1.29 is 38.1 Å². The van der Waals surface area contributed by atoms with Crippen molar-refractivity contribution in [1.29, 1.82) is 0 Å². The number of amides is 4. The van der Waals surface area contributed by atoms with Crippen LogP contribution in [0.5, 0.6) is 46.0 Å². The number of likely N-dealkylation sites (N-methyl/N-ethyl adjacent to an activating group) is 2. The highest BCUT2D eigenvalue weighted by molar-refractivity contribution is 6.02. The number of terminal acetylenes is 2. The maximum absolute atomic E-state index is 11.8. The first-order chi connectivity index (χ1) is 59.4. The average Bonchev–Trinajstić information content (AvgIpc) is 1.64. The average molecular weight is 1630 g/mol. The van der Waals surface area contributed by atoms with E-state index >= 15 is 0 Å². The Labute approximate surface area is 699 Å². The van der Waals surface area contributed by atoms with Gasteiger partial charge in [0, 0.05) is 62.5 Å². The van der Waals surface area contributed by atoms with Gasteiger partial charge in [0.1, 0.15) is 117 Å². The highest BCUT2D eigenvalue weighted by Crippen LogP contribution is 2.37. The predicted octanol–water partition coefficient (Wildman–Crippen LogP) is 12.3. The van der Waals surface area contributed by atoms with Crippen molar-refractivity contribution in [2.24, 2.45) is 0 Å². The van der Waals surface area contributed by atoms with Crippen LogP contribution < -0.4 is 52.5 Å². The molecule has 0 aliphatic carbocycles. The number of hydrogen-bond donors (Lipinski definition) is 6. The maximum atomic E-state index is 11.8. The van der Waals surface area contributed by atoms with E-state index < -0.39 is 5.91 Å². The zero-order chi connectivity index (χ0) is 85.4. The summed E-state index contributed by atoms with van der Waals surface area (Å²) in [6.07, 6.45) is 18.4. The van der Waals surface area contributed by atoms with Gasteiger partial charge in [-0.3, -0.25) is 19.2 Å². The number of rotatable bonds is 26. The zero-order valence-corrected chi connectivity index (χ0v) is 66.1. The molecule has 0 atom stereocenters. The van der Waals surface area contributed by atoms with Crippen molar-refractivity contribution in [2.45, 2.75) is 26.2 Å². The lowest BCUT2D eigenvalue weighted by Gasteiger charge is -2.14. The fourth-order valence-electron chi connectivity index (χ4n) is 12.4. The van der Waals surface area contributed by atoms with Crippen LogP contribution in [-0.4, -0.2) is 153 Å². The Kier molecular flexibility index (Phi) is 26.8. The number of benzene rings is 8. The van der Waals surface area contributed by atoms with Crippen molar-refractivity contribution in [3.05, 3.63) is 269 Å². The van der Waals surface area contributed by atoms with E-state index in [1.54, 1.807) is 37.7 Å². The topological polar surface area (TPSA) is 414 Å².